The molecule has 0 aliphatic heterocycles. The molecule has 0 radical (unpaired) electrons. The Morgan fingerprint density at radius 2 is 1.22 bits per heavy atom. The normalized spacial score (nSPS) is 22.1. The third kappa shape index (κ3) is 5.39. The summed E-state index contributed by atoms with van der Waals surface area (Å²) in [6.07, 6.45) is 1.40. The topological polar surface area (TPSA) is 52.6 Å². The lowest BCUT2D eigenvalue weighted by atomic mass is 9.84. The highest BCUT2D eigenvalue weighted by atomic mass is 32.3. The third-order valence-corrected chi connectivity index (χ3v) is 13.1. The Balaban J connectivity index is 1.65. The van der Waals surface area contributed by atoms with E-state index in [1.807, 2.05) is 20.8 Å². The summed E-state index contributed by atoms with van der Waals surface area (Å²) in [6.45, 7) is 5.58. The maximum absolute atomic E-state index is 15.8. The third-order valence-electron chi connectivity index (χ3n) is 7.83. The molecule has 3 aromatic rings. The second kappa shape index (κ2) is 10.6. The summed E-state index contributed by atoms with van der Waals surface area (Å²) in [5.74, 6) is -6.77. The van der Waals surface area contributed by atoms with Crippen LogP contribution < -0.4 is 4.74 Å². The lowest BCUT2D eigenvalue weighted by Gasteiger charge is -2.42. The average molecular weight is 611 g/mol. The van der Waals surface area contributed by atoms with Gasteiger partial charge in [-0.25, -0.2) is 3.63 Å². The number of halogens is 4. The molecule has 0 heterocycles. The lowest BCUT2D eigenvalue weighted by Crippen LogP contribution is -2.53. The van der Waals surface area contributed by atoms with E-state index in [0.29, 0.717) is 25.0 Å². The average Bonchev–Trinajstić information content (AvgIpc) is 3.57. The minimum absolute atomic E-state index is 0.0810. The Labute approximate surface area is 240 Å². The van der Waals surface area contributed by atoms with Crippen LogP contribution >= 0.6 is 10.3 Å². The summed E-state index contributed by atoms with van der Waals surface area (Å²) in [4.78, 5) is 0.760. The van der Waals surface area contributed by atoms with Gasteiger partial charge in [-0.15, -0.1) is 0 Å². The number of hydrogen-bond donors (Lipinski definition) is 0. The summed E-state index contributed by atoms with van der Waals surface area (Å²) in [5, 5.41) is -5.45. The van der Waals surface area contributed by atoms with Gasteiger partial charge in [0.1, 0.15) is 11.4 Å². The fourth-order valence-electron chi connectivity index (χ4n) is 6.05. The van der Waals surface area contributed by atoms with Crippen LogP contribution in [0.1, 0.15) is 46.5 Å². The maximum Gasteiger partial charge on any atom is 0.432 e. The molecular weight excluding hydrogens is 576 g/mol. The van der Waals surface area contributed by atoms with Gasteiger partial charge < -0.3 is 4.74 Å². The first-order chi connectivity index (χ1) is 19.2. The van der Waals surface area contributed by atoms with Gasteiger partial charge in [0.25, 0.3) is 0 Å². The molecule has 0 amide bonds. The predicted octanol–water partition coefficient (Wildman–Crippen LogP) is 9.07. The van der Waals surface area contributed by atoms with Crippen LogP contribution in [0.4, 0.5) is 17.6 Å². The molecule has 3 atom stereocenters. The van der Waals surface area contributed by atoms with Gasteiger partial charge in [-0.3, -0.25) is 0 Å². The summed E-state index contributed by atoms with van der Waals surface area (Å²) < 4.78 is 102. The maximum atomic E-state index is 15.8. The minimum Gasteiger partial charge on any atom is -0.488 e. The second-order valence-electron chi connectivity index (χ2n) is 11.8. The molecule has 2 saturated carbocycles. The van der Waals surface area contributed by atoms with Gasteiger partial charge in [-0.05, 0) is 111 Å². The summed E-state index contributed by atoms with van der Waals surface area (Å²) in [5.41, 5.74) is -0.530. The minimum atomic E-state index is -6.19. The Hall–Kier alpha value is -2.56. The van der Waals surface area contributed by atoms with Crippen LogP contribution in [-0.2, 0) is 13.7 Å². The highest BCUT2D eigenvalue weighted by Crippen LogP contribution is 2.71. The second-order valence-corrected chi connectivity index (χ2v) is 16.3. The van der Waals surface area contributed by atoms with Crippen molar-refractivity contribution in [1.82, 2.24) is 0 Å². The van der Waals surface area contributed by atoms with Crippen molar-refractivity contribution in [3.05, 3.63) is 84.9 Å². The molecule has 0 aromatic heterocycles. The molecule has 2 bridgehead atoms. The standard InChI is InChI=1S/C31H34F4O4S2/c1-29(2,3)38-24-16-18-27(19-17-24)40(25-10-6-4-7-11-25,26-12-8-5-9-13-26)39-41(36,37)31(34,35)30(32,33)28-21-22-14-15-23(28)20-22/h4-13,16-19,22-23,28H,14-15,20-21H2,1-3H3. The van der Waals surface area contributed by atoms with E-state index < -0.39 is 49.0 Å². The van der Waals surface area contributed by atoms with Crippen molar-refractivity contribution in [1.29, 1.82) is 0 Å². The van der Waals surface area contributed by atoms with Crippen molar-refractivity contribution < 1.29 is 34.3 Å². The molecule has 0 spiro atoms. The van der Waals surface area contributed by atoms with Crippen molar-refractivity contribution in [2.45, 2.75) is 77.9 Å². The van der Waals surface area contributed by atoms with Crippen molar-refractivity contribution in [2.75, 3.05) is 0 Å². The zero-order valence-corrected chi connectivity index (χ0v) is 24.7. The molecule has 2 fully saturated rings. The van der Waals surface area contributed by atoms with Gasteiger partial charge in [0, 0.05) is 20.6 Å². The fourth-order valence-corrected chi connectivity index (χ4v) is 11.3. The van der Waals surface area contributed by atoms with Crippen LogP contribution in [0, 0.1) is 17.8 Å². The largest absolute Gasteiger partial charge is 0.488 e. The van der Waals surface area contributed by atoms with E-state index in [1.165, 1.54) is 12.1 Å². The molecule has 3 aromatic carbocycles. The van der Waals surface area contributed by atoms with Gasteiger partial charge in [-0.2, -0.15) is 26.0 Å². The van der Waals surface area contributed by atoms with Gasteiger partial charge >= 0.3 is 21.3 Å². The van der Waals surface area contributed by atoms with E-state index >= 15 is 17.6 Å². The zero-order chi connectivity index (χ0) is 29.7. The molecule has 2 aliphatic carbocycles. The molecule has 10 heteroatoms. The molecule has 222 valence electrons. The Bertz CT molecular complexity index is 1420. The van der Waals surface area contributed by atoms with E-state index in [0.717, 1.165) is 0 Å². The van der Waals surface area contributed by atoms with Gasteiger partial charge in [0.2, 0.25) is 0 Å². The highest BCUT2D eigenvalue weighted by Gasteiger charge is 2.73. The van der Waals surface area contributed by atoms with Crippen LogP contribution in [0.3, 0.4) is 0 Å². The van der Waals surface area contributed by atoms with Crippen LogP contribution in [0.15, 0.2) is 99.6 Å². The molecular formula is C31H34F4O4S2. The van der Waals surface area contributed by atoms with Crippen LogP contribution in [-0.4, -0.2) is 25.2 Å². The fraction of sp³-hybridized carbons (Fsp3) is 0.419. The van der Waals surface area contributed by atoms with E-state index in [4.69, 9.17) is 8.37 Å². The Morgan fingerprint density at radius 1 is 0.707 bits per heavy atom. The monoisotopic (exact) mass is 610 g/mol. The number of hydrogen-bond acceptors (Lipinski definition) is 4. The number of benzene rings is 3. The van der Waals surface area contributed by atoms with Gasteiger partial charge in [0.15, 0.2) is 0 Å². The van der Waals surface area contributed by atoms with E-state index in [-0.39, 0.29) is 27.0 Å². The van der Waals surface area contributed by atoms with Crippen molar-refractivity contribution >= 4 is 20.4 Å². The quantitative estimate of drug-likeness (QED) is 0.227. The Kier molecular flexibility index (Phi) is 7.74. The molecule has 0 N–H and O–H groups in total. The SMILES string of the molecule is CC(C)(C)Oc1ccc(S(OS(=O)(=O)C(F)(F)C(F)(F)C2CC3CCC2C3)(c2ccccc2)c2ccccc2)cc1. The van der Waals surface area contributed by atoms with Crippen LogP contribution in [0.25, 0.3) is 0 Å². The van der Waals surface area contributed by atoms with Crippen molar-refractivity contribution in [2.24, 2.45) is 17.8 Å². The molecule has 2 aliphatic rings. The first kappa shape index (κ1) is 29.9. The van der Waals surface area contributed by atoms with Crippen LogP contribution in [0.5, 0.6) is 5.75 Å². The van der Waals surface area contributed by atoms with E-state index in [1.54, 1.807) is 72.8 Å². The molecule has 41 heavy (non-hydrogen) atoms. The molecule has 0 saturated heterocycles. The molecule has 5 rings (SSSR count). The summed E-state index contributed by atoms with van der Waals surface area (Å²) >= 11 is 0. The van der Waals surface area contributed by atoms with Crippen molar-refractivity contribution in [3.8, 4) is 5.75 Å². The molecule has 4 nitrogen and oxygen atoms in total. The van der Waals surface area contributed by atoms with Gasteiger partial charge in [0.05, 0.1) is 0 Å². The molecule has 3 unspecified atom stereocenters. The Morgan fingerprint density at radius 3 is 1.66 bits per heavy atom. The van der Waals surface area contributed by atoms with Gasteiger partial charge in [-0.1, -0.05) is 42.8 Å². The highest BCUT2D eigenvalue weighted by molar-refractivity contribution is 8.33. The van der Waals surface area contributed by atoms with Crippen molar-refractivity contribution in [3.63, 3.8) is 0 Å². The summed E-state index contributed by atoms with van der Waals surface area (Å²) in [7, 11) is -9.68. The lowest BCUT2D eigenvalue weighted by molar-refractivity contribution is -0.202. The number of fused-ring (bicyclic) bond motifs is 2. The smallest absolute Gasteiger partial charge is 0.432 e. The summed E-state index contributed by atoms with van der Waals surface area (Å²) in [6, 6.07) is 22.3. The van der Waals surface area contributed by atoms with E-state index in [9.17, 15) is 8.42 Å². The number of alkyl halides is 4. The zero-order valence-electron chi connectivity index (χ0n) is 23.1. The van der Waals surface area contributed by atoms with E-state index in [2.05, 4.69) is 0 Å². The first-order valence-corrected chi connectivity index (χ1v) is 16.6. The first-order valence-electron chi connectivity index (χ1n) is 13.6. The van der Waals surface area contributed by atoms with Crippen LogP contribution in [0.2, 0.25) is 0 Å². The number of rotatable bonds is 9. The predicted molar refractivity (Wildman–Crippen MR) is 151 cm³/mol. The number of ether oxygens (including phenoxy) is 1.